The molecule has 0 saturated heterocycles. The fourth-order valence-corrected chi connectivity index (χ4v) is 7.66. The SMILES string of the molecule is CCCCCCc1cc2c(cc1C#Cc1ccc(CCCCC(=O)O)s1)C(C)(C)CC(C)(C)S2. The molecular formula is C30H40O2S2. The lowest BCUT2D eigenvalue weighted by Crippen LogP contribution is -2.33. The Labute approximate surface area is 214 Å². The predicted octanol–water partition coefficient (Wildman–Crippen LogP) is 8.62. The van der Waals surface area contributed by atoms with Crippen molar-refractivity contribution in [2.24, 2.45) is 0 Å². The van der Waals surface area contributed by atoms with E-state index in [0.29, 0.717) is 0 Å². The van der Waals surface area contributed by atoms with Gasteiger partial charge in [-0.2, -0.15) is 0 Å². The molecule has 0 unspecified atom stereocenters. The first-order valence-corrected chi connectivity index (χ1v) is 14.4. The van der Waals surface area contributed by atoms with Crippen molar-refractivity contribution in [1.29, 1.82) is 0 Å². The van der Waals surface area contributed by atoms with Gasteiger partial charge in [-0.1, -0.05) is 65.7 Å². The van der Waals surface area contributed by atoms with Crippen LogP contribution in [0, 0.1) is 11.8 Å². The molecule has 0 spiro atoms. The molecule has 0 amide bonds. The number of thiophene rings is 1. The van der Waals surface area contributed by atoms with E-state index in [0.717, 1.165) is 37.0 Å². The Morgan fingerprint density at radius 2 is 1.76 bits per heavy atom. The third kappa shape index (κ3) is 7.65. The molecule has 0 aliphatic carbocycles. The first-order chi connectivity index (χ1) is 16.1. The normalized spacial score (nSPS) is 15.9. The monoisotopic (exact) mass is 496 g/mol. The average molecular weight is 497 g/mol. The fraction of sp³-hybridized carbons (Fsp3) is 0.567. The van der Waals surface area contributed by atoms with E-state index in [1.807, 2.05) is 11.8 Å². The van der Waals surface area contributed by atoms with Gasteiger partial charge in [0.1, 0.15) is 0 Å². The van der Waals surface area contributed by atoms with Crippen LogP contribution in [-0.4, -0.2) is 15.8 Å². The van der Waals surface area contributed by atoms with Crippen LogP contribution in [0.1, 0.15) is 112 Å². The number of fused-ring (bicyclic) bond motifs is 1. The molecule has 2 aromatic rings. The van der Waals surface area contributed by atoms with Gasteiger partial charge < -0.3 is 5.11 Å². The molecule has 34 heavy (non-hydrogen) atoms. The number of aryl methyl sites for hydroxylation is 2. The maximum Gasteiger partial charge on any atom is 0.303 e. The fourth-order valence-electron chi connectivity index (χ4n) is 5.08. The summed E-state index contributed by atoms with van der Waals surface area (Å²) in [6, 6.07) is 9.10. The van der Waals surface area contributed by atoms with Crippen molar-refractivity contribution in [3.8, 4) is 11.8 Å². The Morgan fingerprint density at radius 3 is 2.50 bits per heavy atom. The molecule has 1 aromatic heterocycles. The molecule has 1 aliphatic heterocycles. The zero-order valence-corrected chi connectivity index (χ0v) is 23.2. The molecule has 1 aliphatic rings. The molecule has 1 aromatic carbocycles. The van der Waals surface area contributed by atoms with Gasteiger partial charge in [-0.05, 0) is 79.3 Å². The molecule has 0 saturated carbocycles. The van der Waals surface area contributed by atoms with Gasteiger partial charge >= 0.3 is 5.97 Å². The molecule has 2 heterocycles. The number of benzene rings is 1. The van der Waals surface area contributed by atoms with Crippen LogP contribution < -0.4 is 0 Å². The summed E-state index contributed by atoms with van der Waals surface area (Å²) in [5, 5.41) is 8.81. The van der Waals surface area contributed by atoms with Crippen molar-refractivity contribution in [2.45, 2.75) is 114 Å². The molecule has 3 rings (SSSR count). The van der Waals surface area contributed by atoms with Crippen molar-refractivity contribution >= 4 is 29.1 Å². The highest BCUT2D eigenvalue weighted by Gasteiger charge is 2.38. The summed E-state index contributed by atoms with van der Waals surface area (Å²) in [4.78, 5) is 14.5. The minimum absolute atomic E-state index is 0.146. The van der Waals surface area contributed by atoms with Gasteiger partial charge in [0.15, 0.2) is 0 Å². The zero-order chi connectivity index (χ0) is 24.8. The highest BCUT2D eigenvalue weighted by Crippen LogP contribution is 2.51. The van der Waals surface area contributed by atoms with Crippen molar-refractivity contribution in [3.05, 3.63) is 50.7 Å². The standard InChI is InChI=1S/C30H40O2S2/c1-6-7-8-9-12-22-20-27-26(29(2,3)21-30(4,5)34-27)19-23(22)15-16-25-18-17-24(33-25)13-10-11-14-28(31)32/h17-20H,6-14,21H2,1-5H3,(H,31,32). The van der Waals surface area contributed by atoms with E-state index >= 15 is 0 Å². The third-order valence-corrected chi connectivity index (χ3v) is 8.85. The van der Waals surface area contributed by atoms with Gasteiger partial charge in [0.2, 0.25) is 0 Å². The number of unbranched alkanes of at least 4 members (excludes halogenated alkanes) is 4. The number of carboxylic acid groups (broad SMARTS) is 1. The van der Waals surface area contributed by atoms with Crippen LogP contribution in [0.3, 0.4) is 0 Å². The lowest BCUT2D eigenvalue weighted by atomic mass is 9.76. The smallest absolute Gasteiger partial charge is 0.303 e. The Bertz CT molecular complexity index is 1050. The largest absolute Gasteiger partial charge is 0.481 e. The van der Waals surface area contributed by atoms with Crippen LogP contribution >= 0.6 is 23.1 Å². The Balaban J connectivity index is 1.83. The van der Waals surface area contributed by atoms with Crippen LogP contribution in [0.15, 0.2) is 29.2 Å². The van der Waals surface area contributed by atoms with E-state index in [2.05, 4.69) is 70.7 Å². The zero-order valence-electron chi connectivity index (χ0n) is 21.6. The number of rotatable bonds is 10. The number of thioether (sulfide) groups is 1. The van der Waals surface area contributed by atoms with E-state index in [1.165, 1.54) is 52.1 Å². The number of carbonyl (C=O) groups is 1. The van der Waals surface area contributed by atoms with Gasteiger partial charge in [0.05, 0.1) is 4.88 Å². The van der Waals surface area contributed by atoms with Crippen molar-refractivity contribution < 1.29 is 9.90 Å². The summed E-state index contributed by atoms with van der Waals surface area (Å²) in [6.07, 6.45) is 10.1. The lowest BCUT2D eigenvalue weighted by molar-refractivity contribution is -0.137. The number of carboxylic acids is 1. The summed E-state index contributed by atoms with van der Waals surface area (Å²) in [5.41, 5.74) is 4.19. The second kappa shape index (κ2) is 11.8. The molecule has 2 nitrogen and oxygen atoms in total. The predicted molar refractivity (Wildman–Crippen MR) is 147 cm³/mol. The number of hydrogen-bond acceptors (Lipinski definition) is 3. The molecule has 184 valence electrons. The van der Waals surface area contributed by atoms with Crippen LogP contribution in [0.5, 0.6) is 0 Å². The molecule has 4 heteroatoms. The Hall–Kier alpha value is -1.70. The van der Waals surface area contributed by atoms with Crippen LogP contribution in [0.25, 0.3) is 0 Å². The average Bonchev–Trinajstić information content (AvgIpc) is 3.19. The highest BCUT2D eigenvalue weighted by atomic mass is 32.2. The third-order valence-electron chi connectivity index (χ3n) is 6.53. The van der Waals surface area contributed by atoms with Crippen molar-refractivity contribution in [3.63, 3.8) is 0 Å². The topological polar surface area (TPSA) is 37.3 Å². The van der Waals surface area contributed by atoms with E-state index in [1.54, 1.807) is 11.3 Å². The minimum Gasteiger partial charge on any atom is -0.481 e. The minimum atomic E-state index is -0.710. The van der Waals surface area contributed by atoms with Gasteiger partial charge in [0, 0.05) is 26.5 Å². The van der Waals surface area contributed by atoms with Gasteiger partial charge in [0.25, 0.3) is 0 Å². The van der Waals surface area contributed by atoms with Crippen molar-refractivity contribution in [1.82, 2.24) is 0 Å². The van der Waals surface area contributed by atoms with E-state index in [9.17, 15) is 4.79 Å². The summed E-state index contributed by atoms with van der Waals surface area (Å²) in [7, 11) is 0. The van der Waals surface area contributed by atoms with Crippen LogP contribution in [0.2, 0.25) is 0 Å². The van der Waals surface area contributed by atoms with Gasteiger partial charge in [-0.3, -0.25) is 4.79 Å². The molecule has 0 bridgehead atoms. The van der Waals surface area contributed by atoms with E-state index in [-0.39, 0.29) is 16.6 Å². The van der Waals surface area contributed by atoms with Crippen LogP contribution in [0.4, 0.5) is 0 Å². The Kier molecular flexibility index (Phi) is 9.35. The summed E-state index contributed by atoms with van der Waals surface area (Å²) < 4.78 is 0.251. The maximum absolute atomic E-state index is 10.7. The first kappa shape index (κ1) is 26.9. The molecule has 0 radical (unpaired) electrons. The molecular weight excluding hydrogens is 456 g/mol. The summed E-state index contributed by atoms with van der Waals surface area (Å²) in [5.74, 6) is 6.29. The van der Waals surface area contributed by atoms with E-state index < -0.39 is 5.97 Å². The quantitative estimate of drug-likeness (QED) is 0.264. The molecule has 0 atom stereocenters. The number of hydrogen-bond donors (Lipinski definition) is 1. The second-order valence-electron chi connectivity index (χ2n) is 10.9. The van der Waals surface area contributed by atoms with Gasteiger partial charge in [-0.15, -0.1) is 23.1 Å². The lowest BCUT2D eigenvalue weighted by Gasteiger charge is -2.42. The first-order valence-electron chi connectivity index (χ1n) is 12.8. The van der Waals surface area contributed by atoms with E-state index in [4.69, 9.17) is 5.11 Å². The maximum atomic E-state index is 10.7. The summed E-state index contributed by atoms with van der Waals surface area (Å²) >= 11 is 3.77. The molecule has 0 fully saturated rings. The second-order valence-corrected chi connectivity index (χ2v) is 13.8. The summed E-state index contributed by atoms with van der Waals surface area (Å²) in [6.45, 7) is 11.8. The van der Waals surface area contributed by atoms with Crippen molar-refractivity contribution in [2.75, 3.05) is 0 Å². The highest BCUT2D eigenvalue weighted by molar-refractivity contribution is 8.00. The van der Waals surface area contributed by atoms with Gasteiger partial charge in [-0.25, -0.2) is 0 Å². The Morgan fingerprint density at radius 1 is 1.00 bits per heavy atom. The number of aliphatic carboxylic acids is 1. The molecule has 1 N–H and O–H groups in total. The van der Waals surface area contributed by atoms with Crippen LogP contribution in [-0.2, 0) is 23.1 Å².